The third-order valence-corrected chi connectivity index (χ3v) is 8.06. The van der Waals surface area contributed by atoms with Gasteiger partial charge in [-0.15, -0.1) is 0 Å². The van der Waals surface area contributed by atoms with Crippen molar-refractivity contribution in [2.45, 2.75) is 47.6 Å². The molecule has 3 aliphatic heterocycles. The van der Waals surface area contributed by atoms with Gasteiger partial charge in [0.1, 0.15) is 0 Å². The standard InChI is InChI=1S/C26H24N2S/c1-28-20-9-10-21(28)14-19(13-20)26-22-6-2-3-7-24(22)29-25-15-17(8-11-23(25)26)18-5-4-12-27-16-18/h2-8,11-12,15-16,20-21H,9-10,13-14H2,1H3. The number of hydrogen-bond acceptors (Lipinski definition) is 3. The van der Waals surface area contributed by atoms with E-state index in [0.29, 0.717) is 0 Å². The Morgan fingerprint density at radius 3 is 2.45 bits per heavy atom. The molecule has 3 aromatic rings. The smallest absolute Gasteiger partial charge is 0.0346 e. The number of nitrogens with zero attached hydrogens (tertiary/aromatic N) is 2. The van der Waals surface area contributed by atoms with Crippen molar-refractivity contribution >= 4 is 17.3 Å². The van der Waals surface area contributed by atoms with Gasteiger partial charge in [-0.1, -0.05) is 53.7 Å². The van der Waals surface area contributed by atoms with Crippen LogP contribution in [0.5, 0.6) is 0 Å². The van der Waals surface area contributed by atoms with Gasteiger partial charge in [0.05, 0.1) is 0 Å². The van der Waals surface area contributed by atoms with Crippen molar-refractivity contribution in [3.8, 4) is 11.1 Å². The summed E-state index contributed by atoms with van der Waals surface area (Å²) < 4.78 is 0. The van der Waals surface area contributed by atoms with Gasteiger partial charge in [-0.05, 0) is 73.2 Å². The van der Waals surface area contributed by atoms with Gasteiger partial charge in [0.25, 0.3) is 0 Å². The fraction of sp³-hybridized carbons (Fsp3) is 0.269. The number of benzene rings is 2. The van der Waals surface area contributed by atoms with Crippen molar-refractivity contribution in [1.82, 2.24) is 9.88 Å². The van der Waals surface area contributed by atoms with Gasteiger partial charge in [-0.25, -0.2) is 0 Å². The first-order valence-corrected chi connectivity index (χ1v) is 11.4. The summed E-state index contributed by atoms with van der Waals surface area (Å²) in [6.45, 7) is 0. The Morgan fingerprint density at radius 1 is 0.862 bits per heavy atom. The van der Waals surface area contributed by atoms with Crippen LogP contribution in [0.25, 0.3) is 16.7 Å². The average molecular weight is 397 g/mol. The van der Waals surface area contributed by atoms with E-state index in [9.17, 15) is 0 Å². The third kappa shape index (κ3) is 2.87. The minimum atomic E-state index is 0.719. The summed E-state index contributed by atoms with van der Waals surface area (Å²) in [5.74, 6) is 0. The molecule has 2 atom stereocenters. The summed E-state index contributed by atoms with van der Waals surface area (Å²) in [6, 6.07) is 21.5. The van der Waals surface area contributed by atoms with Crippen molar-refractivity contribution in [2.24, 2.45) is 0 Å². The Kier molecular flexibility index (Phi) is 4.14. The molecule has 2 aromatic carbocycles. The van der Waals surface area contributed by atoms with Gasteiger partial charge in [0.15, 0.2) is 0 Å². The van der Waals surface area contributed by atoms with E-state index in [-0.39, 0.29) is 0 Å². The number of hydrogen-bond donors (Lipinski definition) is 0. The van der Waals surface area contributed by atoms with E-state index in [1.807, 2.05) is 30.2 Å². The number of rotatable bonds is 1. The summed E-state index contributed by atoms with van der Waals surface area (Å²) >= 11 is 1.91. The highest BCUT2D eigenvalue weighted by molar-refractivity contribution is 7.99. The predicted octanol–water partition coefficient (Wildman–Crippen LogP) is 6.27. The second kappa shape index (κ2) is 6.86. The van der Waals surface area contributed by atoms with E-state index < -0.39 is 0 Å². The minimum absolute atomic E-state index is 0.719. The molecule has 2 nitrogen and oxygen atoms in total. The minimum Gasteiger partial charge on any atom is -0.300 e. The molecule has 0 radical (unpaired) electrons. The van der Waals surface area contributed by atoms with Crippen molar-refractivity contribution in [2.75, 3.05) is 7.05 Å². The van der Waals surface area contributed by atoms with Crippen LogP contribution in [-0.4, -0.2) is 29.0 Å². The molecule has 29 heavy (non-hydrogen) atoms. The molecule has 3 aliphatic rings. The summed E-state index contributed by atoms with van der Waals surface area (Å²) in [6.07, 6.45) is 8.92. The lowest BCUT2D eigenvalue weighted by Gasteiger charge is -2.35. The van der Waals surface area contributed by atoms with Crippen LogP contribution in [0.3, 0.4) is 0 Å². The topological polar surface area (TPSA) is 16.1 Å². The SMILES string of the molecule is CN1C2CCC1CC(=C1c3ccccc3Sc3cc(-c4cccnc4)ccc31)C2. The molecule has 2 fully saturated rings. The normalized spacial score (nSPS) is 23.1. The molecule has 6 rings (SSSR count). The maximum Gasteiger partial charge on any atom is 0.0346 e. The maximum atomic E-state index is 4.31. The van der Waals surface area contributed by atoms with Crippen LogP contribution in [0, 0.1) is 0 Å². The van der Waals surface area contributed by atoms with Gasteiger partial charge in [0.2, 0.25) is 0 Å². The molecule has 0 saturated carbocycles. The molecule has 2 bridgehead atoms. The van der Waals surface area contributed by atoms with Gasteiger partial charge in [-0.3, -0.25) is 9.88 Å². The molecule has 144 valence electrons. The monoisotopic (exact) mass is 396 g/mol. The van der Waals surface area contributed by atoms with E-state index in [1.54, 1.807) is 5.57 Å². The fourth-order valence-corrected chi connectivity index (χ4v) is 6.50. The largest absolute Gasteiger partial charge is 0.300 e. The van der Waals surface area contributed by atoms with Gasteiger partial charge in [0, 0.05) is 39.8 Å². The van der Waals surface area contributed by atoms with Gasteiger partial charge in [-0.2, -0.15) is 0 Å². The van der Waals surface area contributed by atoms with Crippen molar-refractivity contribution in [1.29, 1.82) is 0 Å². The van der Waals surface area contributed by atoms with E-state index in [2.05, 4.69) is 65.5 Å². The van der Waals surface area contributed by atoms with Gasteiger partial charge >= 0.3 is 0 Å². The first-order chi connectivity index (χ1) is 14.3. The molecular weight excluding hydrogens is 372 g/mol. The molecule has 0 spiro atoms. The van der Waals surface area contributed by atoms with Gasteiger partial charge < -0.3 is 0 Å². The lowest BCUT2D eigenvalue weighted by Crippen LogP contribution is -2.37. The first-order valence-electron chi connectivity index (χ1n) is 10.5. The first kappa shape index (κ1) is 17.5. The van der Waals surface area contributed by atoms with Crippen molar-refractivity contribution < 1.29 is 0 Å². The molecule has 0 amide bonds. The van der Waals surface area contributed by atoms with Crippen LogP contribution in [-0.2, 0) is 0 Å². The Bertz CT molecular complexity index is 1100. The van der Waals surface area contributed by atoms with Crippen LogP contribution in [0.2, 0.25) is 0 Å². The number of aromatic nitrogens is 1. The summed E-state index contributed by atoms with van der Waals surface area (Å²) in [7, 11) is 2.32. The number of fused-ring (bicyclic) bond motifs is 4. The Labute approximate surface area is 176 Å². The number of pyridine rings is 1. The summed E-state index contributed by atoms with van der Waals surface area (Å²) in [5, 5.41) is 0. The molecular formula is C26H24N2S. The zero-order chi connectivity index (χ0) is 19.4. The molecule has 0 N–H and O–H groups in total. The number of piperidine rings is 1. The Morgan fingerprint density at radius 2 is 1.66 bits per heavy atom. The van der Waals surface area contributed by atoms with Crippen molar-refractivity contribution in [3.05, 3.63) is 83.7 Å². The zero-order valence-electron chi connectivity index (χ0n) is 16.6. The second-order valence-corrected chi connectivity index (χ2v) is 9.57. The van der Waals surface area contributed by atoms with Crippen LogP contribution in [0.15, 0.2) is 82.4 Å². The second-order valence-electron chi connectivity index (χ2n) is 8.49. The zero-order valence-corrected chi connectivity index (χ0v) is 17.5. The van der Waals surface area contributed by atoms with Crippen LogP contribution in [0.1, 0.15) is 36.8 Å². The quantitative estimate of drug-likeness (QED) is 0.377. The van der Waals surface area contributed by atoms with E-state index in [0.717, 1.165) is 12.1 Å². The maximum absolute atomic E-state index is 4.31. The molecule has 4 heterocycles. The fourth-order valence-electron chi connectivity index (χ4n) is 5.37. The van der Waals surface area contributed by atoms with E-state index in [4.69, 9.17) is 0 Å². The third-order valence-electron chi connectivity index (χ3n) is 6.92. The molecule has 0 aliphatic carbocycles. The van der Waals surface area contributed by atoms with E-state index in [1.165, 1.54) is 63.3 Å². The van der Waals surface area contributed by atoms with E-state index >= 15 is 0 Å². The Balaban J connectivity index is 1.52. The highest BCUT2D eigenvalue weighted by Gasteiger charge is 2.38. The van der Waals surface area contributed by atoms with Crippen molar-refractivity contribution in [3.63, 3.8) is 0 Å². The summed E-state index contributed by atoms with van der Waals surface area (Å²) in [4.78, 5) is 9.69. The van der Waals surface area contributed by atoms with Crippen LogP contribution >= 0.6 is 11.8 Å². The lowest BCUT2D eigenvalue weighted by atomic mass is 9.85. The highest BCUT2D eigenvalue weighted by Crippen LogP contribution is 2.50. The average Bonchev–Trinajstić information content (AvgIpc) is 2.98. The predicted molar refractivity (Wildman–Crippen MR) is 120 cm³/mol. The lowest BCUT2D eigenvalue weighted by molar-refractivity contribution is 0.210. The van der Waals surface area contributed by atoms with Crippen LogP contribution < -0.4 is 0 Å². The van der Waals surface area contributed by atoms with Crippen LogP contribution in [0.4, 0.5) is 0 Å². The molecule has 2 unspecified atom stereocenters. The summed E-state index contributed by atoms with van der Waals surface area (Å²) in [5.41, 5.74) is 8.45. The molecule has 1 aromatic heterocycles. The molecule has 2 saturated heterocycles. The Hall–Kier alpha value is -2.36. The highest BCUT2D eigenvalue weighted by atomic mass is 32.2. The molecule has 3 heteroatoms.